The van der Waals surface area contributed by atoms with Crippen molar-refractivity contribution in [3.8, 4) is 0 Å². The summed E-state index contributed by atoms with van der Waals surface area (Å²) in [6, 6.07) is 0. The van der Waals surface area contributed by atoms with Crippen molar-refractivity contribution >= 4 is 0 Å². The molecule has 2 aliphatic rings. The third-order valence-corrected chi connectivity index (χ3v) is 2.67. The fraction of sp³-hybridized carbons (Fsp3) is 1.00. The fourth-order valence-electron chi connectivity index (χ4n) is 1.94. The Hall–Kier alpha value is -0.120. The van der Waals surface area contributed by atoms with Crippen molar-refractivity contribution in [2.75, 3.05) is 26.4 Å². The summed E-state index contributed by atoms with van der Waals surface area (Å²) in [4.78, 5) is 0. The van der Waals surface area contributed by atoms with Gasteiger partial charge in [-0.25, -0.2) is 0 Å². The van der Waals surface area contributed by atoms with Crippen molar-refractivity contribution in [1.82, 2.24) is 0 Å². The van der Waals surface area contributed by atoms with Crippen LogP contribution < -0.4 is 0 Å². The van der Waals surface area contributed by atoms with Gasteiger partial charge in [0.15, 0.2) is 0 Å². The van der Waals surface area contributed by atoms with Gasteiger partial charge in [-0.3, -0.25) is 0 Å². The minimum Gasteiger partial charge on any atom is -0.394 e. The van der Waals surface area contributed by atoms with Gasteiger partial charge in [-0.2, -0.15) is 0 Å². The lowest BCUT2D eigenvalue weighted by Gasteiger charge is -2.17. The summed E-state index contributed by atoms with van der Waals surface area (Å²) in [5, 5.41) is 8.84. The van der Waals surface area contributed by atoms with Gasteiger partial charge in [-0.05, 0) is 12.8 Å². The van der Waals surface area contributed by atoms with E-state index < -0.39 is 0 Å². The standard InChI is InChI=1S/C8H14O3/c9-4-7-3-8(6-11-7)1-2-10-5-8/h7,9H,1-6H2/t7-,8-/m0/s1. The molecule has 1 N–H and O–H groups in total. The number of aliphatic hydroxyl groups excluding tert-OH is 1. The van der Waals surface area contributed by atoms with Gasteiger partial charge in [-0.15, -0.1) is 0 Å². The molecule has 2 saturated heterocycles. The van der Waals surface area contributed by atoms with Crippen LogP contribution in [0.4, 0.5) is 0 Å². The lowest BCUT2D eigenvalue weighted by Crippen LogP contribution is -2.21. The Morgan fingerprint density at radius 2 is 2.36 bits per heavy atom. The minimum atomic E-state index is 0.0664. The number of ether oxygens (including phenoxy) is 2. The molecule has 0 aromatic carbocycles. The van der Waals surface area contributed by atoms with Crippen molar-refractivity contribution < 1.29 is 14.6 Å². The highest BCUT2D eigenvalue weighted by Gasteiger charge is 2.42. The molecule has 0 radical (unpaired) electrons. The summed E-state index contributed by atoms with van der Waals surface area (Å²) in [7, 11) is 0. The van der Waals surface area contributed by atoms with Gasteiger partial charge in [0.05, 0.1) is 25.9 Å². The Bertz CT molecular complexity index is 140. The number of rotatable bonds is 1. The number of aliphatic hydroxyl groups is 1. The largest absolute Gasteiger partial charge is 0.394 e. The molecular formula is C8H14O3. The van der Waals surface area contributed by atoms with Crippen LogP contribution in [-0.2, 0) is 9.47 Å². The third kappa shape index (κ3) is 1.28. The number of hydrogen-bond acceptors (Lipinski definition) is 3. The van der Waals surface area contributed by atoms with Crippen LogP contribution in [0.5, 0.6) is 0 Å². The van der Waals surface area contributed by atoms with Crippen LogP contribution in [0.25, 0.3) is 0 Å². The van der Waals surface area contributed by atoms with Gasteiger partial charge in [-0.1, -0.05) is 0 Å². The van der Waals surface area contributed by atoms with E-state index >= 15 is 0 Å². The maximum absolute atomic E-state index is 8.84. The third-order valence-electron chi connectivity index (χ3n) is 2.67. The SMILES string of the molecule is OC[C@@H]1C[C@]2(CCOC2)CO1. The smallest absolute Gasteiger partial charge is 0.0813 e. The van der Waals surface area contributed by atoms with Crippen LogP contribution in [0.2, 0.25) is 0 Å². The summed E-state index contributed by atoms with van der Waals surface area (Å²) in [6.07, 6.45) is 2.14. The first-order valence-electron chi connectivity index (χ1n) is 4.15. The first kappa shape index (κ1) is 7.53. The predicted molar refractivity (Wildman–Crippen MR) is 39.3 cm³/mol. The lowest BCUT2D eigenvalue weighted by molar-refractivity contribution is 0.0512. The summed E-state index contributed by atoms with van der Waals surface area (Å²) < 4.78 is 10.7. The van der Waals surface area contributed by atoms with Crippen LogP contribution in [-0.4, -0.2) is 37.6 Å². The maximum atomic E-state index is 8.84. The average molecular weight is 158 g/mol. The quantitative estimate of drug-likeness (QED) is 0.591. The molecule has 0 aromatic heterocycles. The molecule has 0 bridgehead atoms. The first-order valence-corrected chi connectivity index (χ1v) is 4.15. The van der Waals surface area contributed by atoms with Crippen molar-refractivity contribution in [3.63, 3.8) is 0 Å². The summed E-state index contributed by atoms with van der Waals surface area (Å²) in [5.41, 5.74) is 0.257. The molecule has 64 valence electrons. The topological polar surface area (TPSA) is 38.7 Å². The monoisotopic (exact) mass is 158 g/mol. The zero-order valence-electron chi connectivity index (χ0n) is 6.58. The Morgan fingerprint density at radius 3 is 2.91 bits per heavy atom. The van der Waals surface area contributed by atoms with Gasteiger partial charge in [0, 0.05) is 12.0 Å². The van der Waals surface area contributed by atoms with Crippen LogP contribution in [0.1, 0.15) is 12.8 Å². The molecule has 2 atom stereocenters. The molecule has 3 nitrogen and oxygen atoms in total. The van der Waals surface area contributed by atoms with Gasteiger partial charge in [0.1, 0.15) is 0 Å². The highest BCUT2D eigenvalue weighted by atomic mass is 16.5. The fourth-order valence-corrected chi connectivity index (χ4v) is 1.94. The lowest BCUT2D eigenvalue weighted by atomic mass is 9.85. The van der Waals surface area contributed by atoms with Crippen LogP contribution in [0.3, 0.4) is 0 Å². The van der Waals surface area contributed by atoms with E-state index in [0.29, 0.717) is 0 Å². The maximum Gasteiger partial charge on any atom is 0.0813 e. The summed E-state index contributed by atoms with van der Waals surface area (Å²) >= 11 is 0. The molecular weight excluding hydrogens is 144 g/mol. The van der Waals surface area contributed by atoms with E-state index in [4.69, 9.17) is 14.6 Å². The normalized spacial score (nSPS) is 43.9. The van der Waals surface area contributed by atoms with E-state index in [9.17, 15) is 0 Å². The van der Waals surface area contributed by atoms with E-state index in [1.54, 1.807) is 0 Å². The number of hydrogen-bond donors (Lipinski definition) is 1. The Labute approximate surface area is 66.3 Å². The molecule has 3 heteroatoms. The van der Waals surface area contributed by atoms with E-state index in [2.05, 4.69) is 0 Å². The molecule has 2 aliphatic heterocycles. The van der Waals surface area contributed by atoms with Crippen LogP contribution in [0.15, 0.2) is 0 Å². The van der Waals surface area contributed by atoms with E-state index in [0.717, 1.165) is 32.7 Å². The second-order valence-electron chi connectivity index (χ2n) is 3.62. The molecule has 2 rings (SSSR count). The average Bonchev–Trinajstić information content (AvgIpc) is 2.62. The molecule has 0 aliphatic carbocycles. The van der Waals surface area contributed by atoms with Crippen LogP contribution in [0, 0.1) is 5.41 Å². The van der Waals surface area contributed by atoms with Crippen molar-refractivity contribution in [2.24, 2.45) is 5.41 Å². The van der Waals surface area contributed by atoms with Gasteiger partial charge < -0.3 is 14.6 Å². The van der Waals surface area contributed by atoms with Gasteiger partial charge in [0.2, 0.25) is 0 Å². The molecule has 0 saturated carbocycles. The molecule has 0 aromatic rings. The zero-order chi connectivity index (χ0) is 7.73. The van der Waals surface area contributed by atoms with E-state index in [1.807, 2.05) is 0 Å². The predicted octanol–water partition coefficient (Wildman–Crippen LogP) is 0.174. The first-order chi connectivity index (χ1) is 5.35. The zero-order valence-corrected chi connectivity index (χ0v) is 6.58. The summed E-state index contributed by atoms with van der Waals surface area (Å²) in [6.45, 7) is 2.62. The Kier molecular flexibility index (Phi) is 1.87. The molecule has 1 spiro atoms. The van der Waals surface area contributed by atoms with Crippen molar-refractivity contribution in [2.45, 2.75) is 18.9 Å². The van der Waals surface area contributed by atoms with Crippen molar-refractivity contribution in [1.29, 1.82) is 0 Å². The highest BCUT2D eigenvalue weighted by molar-refractivity contribution is 4.90. The summed E-state index contributed by atoms with van der Waals surface area (Å²) in [5.74, 6) is 0. The minimum absolute atomic E-state index is 0.0664. The Morgan fingerprint density at radius 1 is 1.45 bits per heavy atom. The second kappa shape index (κ2) is 2.73. The highest BCUT2D eigenvalue weighted by Crippen LogP contribution is 2.39. The molecule has 0 amide bonds. The van der Waals surface area contributed by atoms with Gasteiger partial charge >= 0.3 is 0 Å². The second-order valence-corrected chi connectivity index (χ2v) is 3.62. The van der Waals surface area contributed by atoms with Gasteiger partial charge in [0.25, 0.3) is 0 Å². The molecule has 2 heterocycles. The van der Waals surface area contributed by atoms with E-state index in [-0.39, 0.29) is 18.1 Å². The Balaban J connectivity index is 1.96. The molecule has 0 unspecified atom stereocenters. The van der Waals surface area contributed by atoms with E-state index in [1.165, 1.54) is 0 Å². The van der Waals surface area contributed by atoms with Crippen molar-refractivity contribution in [3.05, 3.63) is 0 Å². The molecule has 2 fully saturated rings. The molecule has 11 heavy (non-hydrogen) atoms. The van der Waals surface area contributed by atoms with Crippen LogP contribution >= 0.6 is 0 Å².